The van der Waals surface area contributed by atoms with Crippen molar-refractivity contribution < 1.29 is 4.79 Å². The highest BCUT2D eigenvalue weighted by Crippen LogP contribution is 2.48. The molecule has 0 saturated heterocycles. The number of Topliss-reactive ketones (excluding diaryl/α,β-unsaturated/α-hetero) is 1. The van der Waals surface area contributed by atoms with Crippen molar-refractivity contribution in [2.24, 2.45) is 10.9 Å². The third-order valence-corrected chi connectivity index (χ3v) is 5.71. The summed E-state index contributed by atoms with van der Waals surface area (Å²) in [5.41, 5.74) is 5.48. The predicted octanol–water partition coefficient (Wildman–Crippen LogP) is 5.25. The van der Waals surface area contributed by atoms with Gasteiger partial charge in [0.2, 0.25) is 0 Å². The Labute approximate surface area is 153 Å². The van der Waals surface area contributed by atoms with E-state index < -0.39 is 0 Å². The smallest absolute Gasteiger partial charge is 0.192 e. The van der Waals surface area contributed by atoms with Crippen LogP contribution in [-0.4, -0.2) is 16.4 Å². The van der Waals surface area contributed by atoms with E-state index in [1.165, 1.54) is 0 Å². The van der Waals surface area contributed by atoms with E-state index in [0.29, 0.717) is 0 Å². The molecule has 3 heteroatoms. The second kappa shape index (κ2) is 6.16. The number of hydrogen-bond donors (Lipinski definition) is 0. The minimum atomic E-state index is -0.0546. The molecule has 2 aromatic rings. The third-order valence-electron chi connectivity index (χ3n) is 5.16. The van der Waals surface area contributed by atoms with Gasteiger partial charge in [0, 0.05) is 39.1 Å². The number of aliphatic imine (C=N–C) groups is 1. The SMILES string of the molecule is CCC(=S)C1C(C)=NC2=C(C(=O)c3ccccc32)C1c1ccccc1. The number of thiocarbonyl (C=S) groups is 1. The summed E-state index contributed by atoms with van der Waals surface area (Å²) < 4.78 is 0. The second-order valence-corrected chi connectivity index (χ2v) is 7.10. The summed E-state index contributed by atoms with van der Waals surface area (Å²) in [6.07, 6.45) is 0.806. The van der Waals surface area contributed by atoms with Crippen molar-refractivity contribution in [1.29, 1.82) is 0 Å². The molecule has 2 aromatic carbocycles. The lowest BCUT2D eigenvalue weighted by molar-refractivity contribution is 0.103. The van der Waals surface area contributed by atoms with Crippen LogP contribution in [0.2, 0.25) is 0 Å². The number of ketones is 1. The lowest BCUT2D eigenvalue weighted by Crippen LogP contribution is -2.32. The Morgan fingerprint density at radius 2 is 1.68 bits per heavy atom. The van der Waals surface area contributed by atoms with Gasteiger partial charge in [-0.3, -0.25) is 9.79 Å². The van der Waals surface area contributed by atoms with Gasteiger partial charge < -0.3 is 0 Å². The van der Waals surface area contributed by atoms with Crippen molar-refractivity contribution >= 4 is 34.3 Å². The monoisotopic (exact) mass is 345 g/mol. The molecule has 124 valence electrons. The maximum Gasteiger partial charge on any atom is 0.192 e. The summed E-state index contributed by atoms with van der Waals surface area (Å²) in [6.45, 7) is 4.12. The van der Waals surface area contributed by atoms with E-state index in [9.17, 15) is 4.79 Å². The van der Waals surface area contributed by atoms with E-state index in [2.05, 4.69) is 19.1 Å². The fraction of sp³-hybridized carbons (Fsp3) is 0.227. The van der Waals surface area contributed by atoms with Crippen LogP contribution in [0.5, 0.6) is 0 Å². The normalized spacial score (nSPS) is 21.7. The Balaban J connectivity index is 1.96. The van der Waals surface area contributed by atoms with Crippen molar-refractivity contribution in [3.8, 4) is 0 Å². The zero-order valence-electron chi connectivity index (χ0n) is 14.3. The summed E-state index contributed by atoms with van der Waals surface area (Å²) in [6, 6.07) is 18.0. The summed E-state index contributed by atoms with van der Waals surface area (Å²) in [5.74, 6) is 0.0417. The minimum Gasteiger partial charge on any atom is -0.289 e. The van der Waals surface area contributed by atoms with E-state index >= 15 is 0 Å². The summed E-state index contributed by atoms with van der Waals surface area (Å²) in [7, 11) is 0. The van der Waals surface area contributed by atoms with Crippen LogP contribution >= 0.6 is 12.2 Å². The molecule has 0 radical (unpaired) electrons. The van der Waals surface area contributed by atoms with Crippen LogP contribution in [-0.2, 0) is 0 Å². The zero-order valence-corrected chi connectivity index (χ0v) is 15.1. The van der Waals surface area contributed by atoms with E-state index in [1.54, 1.807) is 0 Å². The first kappa shape index (κ1) is 16.1. The Hall–Kier alpha value is -2.39. The van der Waals surface area contributed by atoms with Crippen LogP contribution in [0.25, 0.3) is 5.70 Å². The van der Waals surface area contributed by atoms with Crippen LogP contribution in [0.4, 0.5) is 0 Å². The van der Waals surface area contributed by atoms with Crippen LogP contribution in [0.1, 0.15) is 47.7 Å². The molecule has 4 rings (SSSR count). The maximum atomic E-state index is 13.2. The fourth-order valence-corrected chi connectivity index (χ4v) is 4.31. The van der Waals surface area contributed by atoms with Gasteiger partial charge in [0.1, 0.15) is 0 Å². The predicted molar refractivity (Wildman–Crippen MR) is 106 cm³/mol. The van der Waals surface area contributed by atoms with Gasteiger partial charge in [-0.05, 0) is 18.9 Å². The van der Waals surface area contributed by atoms with Gasteiger partial charge >= 0.3 is 0 Å². The fourth-order valence-electron chi connectivity index (χ4n) is 4.01. The third kappa shape index (κ3) is 2.42. The van der Waals surface area contributed by atoms with Crippen LogP contribution in [0.15, 0.2) is 65.2 Å². The average molecular weight is 345 g/mol. The molecule has 0 bridgehead atoms. The van der Waals surface area contributed by atoms with Gasteiger partial charge in [0.15, 0.2) is 5.78 Å². The van der Waals surface area contributed by atoms with E-state index in [0.717, 1.165) is 45.0 Å². The van der Waals surface area contributed by atoms with E-state index in [1.807, 2.05) is 49.4 Å². The number of fused-ring (bicyclic) bond motifs is 2. The van der Waals surface area contributed by atoms with Gasteiger partial charge in [-0.25, -0.2) is 0 Å². The maximum absolute atomic E-state index is 13.2. The van der Waals surface area contributed by atoms with Crippen molar-refractivity contribution in [2.45, 2.75) is 26.2 Å². The molecular weight excluding hydrogens is 326 g/mol. The van der Waals surface area contributed by atoms with E-state index in [-0.39, 0.29) is 17.6 Å². The van der Waals surface area contributed by atoms with Gasteiger partial charge in [-0.1, -0.05) is 73.7 Å². The number of rotatable bonds is 3. The van der Waals surface area contributed by atoms with E-state index in [4.69, 9.17) is 17.2 Å². The van der Waals surface area contributed by atoms with Crippen LogP contribution in [0.3, 0.4) is 0 Å². The Morgan fingerprint density at radius 1 is 1.04 bits per heavy atom. The molecular formula is C22H19NOS. The second-order valence-electron chi connectivity index (χ2n) is 6.58. The zero-order chi connectivity index (χ0) is 17.6. The first-order valence-corrected chi connectivity index (χ1v) is 9.05. The van der Waals surface area contributed by atoms with Gasteiger partial charge in [0.25, 0.3) is 0 Å². The summed E-state index contributed by atoms with van der Waals surface area (Å²) >= 11 is 5.70. The Bertz CT molecular complexity index is 940. The minimum absolute atomic E-state index is 0.000544. The molecule has 1 heterocycles. The summed E-state index contributed by atoms with van der Waals surface area (Å²) in [4.78, 5) is 19.0. The number of hydrogen-bond acceptors (Lipinski definition) is 3. The molecule has 2 aliphatic rings. The highest BCUT2D eigenvalue weighted by Gasteiger charge is 2.43. The molecule has 2 atom stereocenters. The highest BCUT2D eigenvalue weighted by atomic mass is 32.1. The van der Waals surface area contributed by atoms with Crippen molar-refractivity contribution in [3.05, 3.63) is 76.9 Å². The molecule has 0 aromatic heterocycles. The molecule has 1 aliphatic carbocycles. The molecule has 2 unspecified atom stereocenters. The Morgan fingerprint density at radius 3 is 2.36 bits per heavy atom. The summed E-state index contributed by atoms with van der Waals surface area (Å²) in [5, 5.41) is 0. The molecule has 0 N–H and O–H groups in total. The molecule has 1 aliphatic heterocycles. The molecule has 0 saturated carbocycles. The highest BCUT2D eigenvalue weighted by molar-refractivity contribution is 7.80. The topological polar surface area (TPSA) is 29.4 Å². The quantitative estimate of drug-likeness (QED) is 0.711. The first-order chi connectivity index (χ1) is 12.1. The Kier molecular flexibility index (Phi) is 3.97. The molecule has 25 heavy (non-hydrogen) atoms. The largest absolute Gasteiger partial charge is 0.289 e. The lowest BCUT2D eigenvalue weighted by Gasteiger charge is -2.32. The molecule has 2 nitrogen and oxygen atoms in total. The molecule has 0 spiro atoms. The average Bonchev–Trinajstić information content (AvgIpc) is 2.93. The van der Waals surface area contributed by atoms with Crippen LogP contribution in [0, 0.1) is 5.92 Å². The van der Waals surface area contributed by atoms with Gasteiger partial charge in [-0.15, -0.1) is 0 Å². The van der Waals surface area contributed by atoms with Crippen molar-refractivity contribution in [2.75, 3.05) is 0 Å². The standard InChI is InChI=1S/C22H19NOS/c1-3-17(25)18-13(2)23-21-15-11-7-8-12-16(15)22(24)20(21)19(18)14-9-5-4-6-10-14/h4-12,18-19H,3H2,1-2H3. The molecule has 0 amide bonds. The van der Waals surface area contributed by atoms with Crippen molar-refractivity contribution in [1.82, 2.24) is 0 Å². The number of allylic oxidation sites excluding steroid dienone is 1. The first-order valence-electron chi connectivity index (χ1n) is 8.64. The van der Waals surface area contributed by atoms with Gasteiger partial charge in [-0.2, -0.15) is 0 Å². The number of benzene rings is 2. The number of carbonyl (C=O) groups excluding carboxylic acids is 1. The number of carbonyl (C=O) groups is 1. The van der Waals surface area contributed by atoms with Crippen molar-refractivity contribution in [3.63, 3.8) is 0 Å². The van der Waals surface area contributed by atoms with Gasteiger partial charge in [0.05, 0.1) is 5.70 Å². The van der Waals surface area contributed by atoms with Crippen LogP contribution < -0.4 is 0 Å². The number of nitrogens with zero attached hydrogens (tertiary/aromatic N) is 1. The molecule has 0 fully saturated rings. The lowest BCUT2D eigenvalue weighted by atomic mass is 9.73.